The molecule has 11 heteroatoms. The molecule has 2 aliphatic rings. The molecule has 0 saturated heterocycles. The summed E-state index contributed by atoms with van der Waals surface area (Å²) in [7, 11) is 0. The molecule has 0 aromatic heterocycles. The van der Waals surface area contributed by atoms with Crippen LogP contribution in [0, 0.1) is 11.3 Å². The van der Waals surface area contributed by atoms with E-state index in [4.69, 9.17) is 5.10 Å². The van der Waals surface area contributed by atoms with Crippen LogP contribution in [0.5, 0.6) is 0 Å². The Morgan fingerprint density at radius 1 is 1.00 bits per heavy atom. The van der Waals surface area contributed by atoms with Crippen molar-refractivity contribution in [2.75, 3.05) is 23.3 Å². The van der Waals surface area contributed by atoms with Crippen molar-refractivity contribution in [2.45, 2.75) is 59.8 Å². The third-order valence-electron chi connectivity index (χ3n) is 7.60. The highest BCUT2D eigenvalue weighted by Gasteiger charge is 2.36. The Labute approximate surface area is 257 Å². The predicted octanol–water partition coefficient (Wildman–Crippen LogP) is 5.03. The fraction of sp³-hybridized carbons (Fsp3) is 0.394. The van der Waals surface area contributed by atoms with E-state index in [0.717, 1.165) is 48.4 Å². The monoisotopic (exact) mass is 601 g/mol. The Balaban J connectivity index is 1.65. The fourth-order valence-corrected chi connectivity index (χ4v) is 5.26. The minimum absolute atomic E-state index is 0.108. The number of carboxylic acid groups (broad SMARTS) is 1. The summed E-state index contributed by atoms with van der Waals surface area (Å²) < 4.78 is 0. The number of nitrogens with zero attached hydrogens (tertiary/aromatic N) is 3. The molecule has 11 nitrogen and oxygen atoms in total. The zero-order valence-electron chi connectivity index (χ0n) is 25.6. The third kappa shape index (κ3) is 7.97. The average Bonchev–Trinajstić information content (AvgIpc) is 3.07. The zero-order valence-corrected chi connectivity index (χ0v) is 25.6. The summed E-state index contributed by atoms with van der Waals surface area (Å²) >= 11 is 0. The van der Waals surface area contributed by atoms with Crippen LogP contribution < -0.4 is 15.5 Å². The van der Waals surface area contributed by atoms with Gasteiger partial charge in [-0.1, -0.05) is 70.4 Å². The summed E-state index contributed by atoms with van der Waals surface area (Å²) in [5.41, 5.74) is 1.90. The molecule has 1 aliphatic heterocycles. The van der Waals surface area contributed by atoms with Gasteiger partial charge in [0.05, 0.1) is 17.9 Å². The van der Waals surface area contributed by atoms with E-state index in [9.17, 15) is 29.1 Å². The van der Waals surface area contributed by atoms with Crippen molar-refractivity contribution in [1.29, 1.82) is 0 Å². The van der Waals surface area contributed by atoms with Gasteiger partial charge in [-0.05, 0) is 42.7 Å². The number of rotatable bonds is 9. The number of para-hydroxylation sites is 1. The number of fused-ring (bicyclic) bond motifs is 1. The van der Waals surface area contributed by atoms with E-state index in [1.807, 2.05) is 24.3 Å². The van der Waals surface area contributed by atoms with Gasteiger partial charge in [-0.15, -0.1) is 0 Å². The molecule has 1 aliphatic carbocycles. The maximum Gasteiger partial charge on any atom is 0.352 e. The number of carbonyl (C=O) groups is 5. The first-order valence-electron chi connectivity index (χ1n) is 14.8. The van der Waals surface area contributed by atoms with Crippen LogP contribution in [0.15, 0.2) is 59.3 Å². The standard InChI is InChI=1S/C33H39N5O6/c1-21(39)34-26(31(42)43)18-22-11-10-14-24(17-22)35-29(41)20-38-32(44)37(19-28(40)33(2,3)4)27-16-9-8-15-25(27)30(36-38)23-12-6-5-7-13-23/h8-11,14-18,23H,5-7,12-13,19-20H2,1-4H3,(H,34,39)(H,35,41)(H,42,43)/b26-18-. The Kier molecular flexibility index (Phi) is 9.97. The van der Waals surface area contributed by atoms with Crippen LogP contribution in [-0.2, 0) is 19.2 Å². The number of hydrogen-bond donors (Lipinski definition) is 3. The highest BCUT2D eigenvalue weighted by molar-refractivity contribution is 6.13. The molecule has 0 spiro atoms. The van der Waals surface area contributed by atoms with Crippen molar-refractivity contribution in [3.05, 3.63) is 65.4 Å². The van der Waals surface area contributed by atoms with Crippen LogP contribution in [0.3, 0.4) is 0 Å². The number of hydrogen-bond acceptors (Lipinski definition) is 6. The van der Waals surface area contributed by atoms with E-state index in [2.05, 4.69) is 10.6 Å². The van der Waals surface area contributed by atoms with Crippen molar-refractivity contribution >= 4 is 52.8 Å². The van der Waals surface area contributed by atoms with Crippen LogP contribution in [0.1, 0.15) is 70.9 Å². The normalized spacial score (nSPS) is 16.0. The molecular formula is C33H39N5O6. The molecule has 2 aromatic rings. The van der Waals surface area contributed by atoms with Crippen LogP contribution in [0.25, 0.3) is 6.08 Å². The van der Waals surface area contributed by atoms with E-state index >= 15 is 0 Å². The molecule has 4 rings (SSSR count). The number of amides is 4. The van der Waals surface area contributed by atoms with Gasteiger partial charge in [0.2, 0.25) is 11.8 Å². The molecule has 0 radical (unpaired) electrons. The molecule has 4 amide bonds. The summed E-state index contributed by atoms with van der Waals surface area (Å²) in [6.45, 7) is 6.04. The maximum atomic E-state index is 14.0. The molecule has 3 N–H and O–H groups in total. The quantitative estimate of drug-likeness (QED) is 0.344. The predicted molar refractivity (Wildman–Crippen MR) is 168 cm³/mol. The van der Waals surface area contributed by atoms with E-state index < -0.39 is 35.8 Å². The van der Waals surface area contributed by atoms with Gasteiger partial charge < -0.3 is 15.7 Å². The second-order valence-electron chi connectivity index (χ2n) is 12.2. The highest BCUT2D eigenvalue weighted by Crippen LogP contribution is 2.34. The Morgan fingerprint density at radius 2 is 1.70 bits per heavy atom. The maximum absolute atomic E-state index is 14.0. The van der Waals surface area contributed by atoms with Crippen molar-refractivity contribution < 1.29 is 29.1 Å². The molecule has 1 heterocycles. The molecular weight excluding hydrogens is 562 g/mol. The molecule has 232 valence electrons. The summed E-state index contributed by atoms with van der Waals surface area (Å²) in [6, 6.07) is 13.3. The van der Waals surface area contributed by atoms with Gasteiger partial charge in [-0.3, -0.25) is 19.3 Å². The number of urea groups is 1. The molecule has 44 heavy (non-hydrogen) atoms. The average molecular weight is 602 g/mol. The minimum Gasteiger partial charge on any atom is -0.477 e. The smallest absolute Gasteiger partial charge is 0.352 e. The van der Waals surface area contributed by atoms with E-state index in [1.54, 1.807) is 45.0 Å². The molecule has 1 fully saturated rings. The minimum atomic E-state index is -1.31. The highest BCUT2D eigenvalue weighted by atomic mass is 16.4. The summed E-state index contributed by atoms with van der Waals surface area (Å²) in [6.07, 6.45) is 6.33. The molecule has 1 saturated carbocycles. The Hall–Kier alpha value is -4.80. The first-order chi connectivity index (χ1) is 20.8. The summed E-state index contributed by atoms with van der Waals surface area (Å²) in [5, 5.41) is 20.4. The lowest BCUT2D eigenvalue weighted by molar-refractivity contribution is -0.134. The molecule has 2 aromatic carbocycles. The Bertz CT molecular complexity index is 1520. The van der Waals surface area contributed by atoms with E-state index in [-0.39, 0.29) is 23.9 Å². The number of carbonyl (C=O) groups excluding carboxylic acids is 4. The van der Waals surface area contributed by atoms with Crippen molar-refractivity contribution in [3.8, 4) is 0 Å². The first kappa shape index (κ1) is 32.1. The number of nitrogens with one attached hydrogen (secondary N) is 2. The lowest BCUT2D eigenvalue weighted by atomic mass is 9.83. The molecule has 0 bridgehead atoms. The SMILES string of the molecule is CC(=O)N/C(=C\c1cccc(NC(=O)CN2N=C(C3CCCCC3)c3ccccc3N(CC(=O)C(C)(C)C)C2=O)c1)C(=O)O. The number of ketones is 1. The zero-order chi connectivity index (χ0) is 32.0. The van der Waals surface area contributed by atoms with Gasteiger partial charge in [-0.2, -0.15) is 5.10 Å². The van der Waals surface area contributed by atoms with Gasteiger partial charge in [0.15, 0.2) is 5.78 Å². The largest absolute Gasteiger partial charge is 0.477 e. The lowest BCUT2D eigenvalue weighted by Crippen LogP contribution is -2.47. The van der Waals surface area contributed by atoms with Crippen LogP contribution in [-0.4, -0.2) is 58.5 Å². The topological polar surface area (TPSA) is 148 Å². The number of aliphatic carboxylic acids is 1. The van der Waals surface area contributed by atoms with Gasteiger partial charge in [-0.25, -0.2) is 14.6 Å². The molecule has 0 unspecified atom stereocenters. The Morgan fingerprint density at radius 3 is 2.36 bits per heavy atom. The van der Waals surface area contributed by atoms with Gasteiger partial charge in [0.1, 0.15) is 12.2 Å². The fourth-order valence-electron chi connectivity index (χ4n) is 5.26. The van der Waals surface area contributed by atoms with Gasteiger partial charge in [0.25, 0.3) is 0 Å². The van der Waals surface area contributed by atoms with Crippen molar-refractivity contribution in [2.24, 2.45) is 16.4 Å². The third-order valence-corrected chi connectivity index (χ3v) is 7.60. The van der Waals surface area contributed by atoms with Crippen molar-refractivity contribution in [1.82, 2.24) is 10.3 Å². The second-order valence-corrected chi connectivity index (χ2v) is 12.2. The van der Waals surface area contributed by atoms with Crippen LogP contribution >= 0.6 is 0 Å². The molecule has 0 atom stereocenters. The van der Waals surface area contributed by atoms with E-state index in [0.29, 0.717) is 16.9 Å². The number of hydrazone groups is 1. The summed E-state index contributed by atoms with van der Waals surface area (Å²) in [4.78, 5) is 64.9. The van der Waals surface area contributed by atoms with E-state index in [1.165, 1.54) is 17.9 Å². The number of carboxylic acids is 1. The first-order valence-corrected chi connectivity index (χ1v) is 14.8. The number of anilines is 2. The number of benzene rings is 2. The summed E-state index contributed by atoms with van der Waals surface area (Å²) in [5.74, 6) is -2.39. The van der Waals surface area contributed by atoms with Crippen LogP contribution in [0.4, 0.5) is 16.2 Å². The number of Topliss-reactive ketones (excluding diaryl/α,β-unsaturated/α-hetero) is 1. The van der Waals surface area contributed by atoms with Gasteiger partial charge >= 0.3 is 12.0 Å². The van der Waals surface area contributed by atoms with Gasteiger partial charge in [0, 0.05) is 29.5 Å². The van der Waals surface area contributed by atoms with Crippen molar-refractivity contribution in [3.63, 3.8) is 0 Å². The second kappa shape index (κ2) is 13.7. The lowest BCUT2D eigenvalue weighted by Gasteiger charge is -2.28. The van der Waals surface area contributed by atoms with Crippen LogP contribution in [0.2, 0.25) is 0 Å².